The number of fused-ring (bicyclic) bond motifs is 1. The van der Waals surface area contributed by atoms with Crippen LogP contribution >= 0.6 is 22.9 Å². The van der Waals surface area contributed by atoms with Crippen LogP contribution in [0.2, 0.25) is 4.34 Å². The van der Waals surface area contributed by atoms with Crippen molar-refractivity contribution < 1.29 is 13.7 Å². The highest BCUT2D eigenvalue weighted by Crippen LogP contribution is 2.34. The molecule has 3 atom stereocenters. The zero-order valence-corrected chi connectivity index (χ0v) is 23.3. The Morgan fingerprint density at radius 1 is 1.22 bits per heavy atom. The lowest BCUT2D eigenvalue weighted by molar-refractivity contribution is -0.123. The summed E-state index contributed by atoms with van der Waals surface area (Å²) in [5.74, 6) is 1.05. The molecule has 8 nitrogen and oxygen atoms in total. The fourth-order valence-corrected chi connectivity index (χ4v) is 6.15. The van der Waals surface area contributed by atoms with Crippen LogP contribution in [0.15, 0.2) is 58.8 Å². The van der Waals surface area contributed by atoms with Gasteiger partial charge in [-0.3, -0.25) is 14.2 Å². The lowest BCUT2D eigenvalue weighted by atomic mass is 9.99. The van der Waals surface area contributed by atoms with Crippen LogP contribution in [0.1, 0.15) is 31.4 Å². The maximum Gasteiger partial charge on any atom is 0.237 e. The van der Waals surface area contributed by atoms with Gasteiger partial charge in [-0.1, -0.05) is 62.2 Å². The van der Waals surface area contributed by atoms with Crippen molar-refractivity contribution in [3.63, 3.8) is 0 Å². The number of halogens is 1. The predicted molar refractivity (Wildman–Crippen MR) is 150 cm³/mol. The van der Waals surface area contributed by atoms with Crippen molar-refractivity contribution in [1.82, 2.24) is 15.1 Å². The molecule has 11 heteroatoms. The second kappa shape index (κ2) is 12.1. The molecule has 0 aliphatic rings. The zero-order chi connectivity index (χ0) is 26.5. The van der Waals surface area contributed by atoms with E-state index in [0.29, 0.717) is 33.2 Å². The summed E-state index contributed by atoms with van der Waals surface area (Å²) in [5.41, 5.74) is 8.85. The molecule has 4 rings (SSSR count). The molecule has 1 amide bonds. The Morgan fingerprint density at radius 2 is 1.97 bits per heavy atom. The Bertz CT molecular complexity index is 1420. The molecular weight excluding hydrogens is 530 g/mol. The number of carbonyl (C=O) groups excluding carboxylic acids is 1. The van der Waals surface area contributed by atoms with Crippen LogP contribution in [0.25, 0.3) is 10.9 Å². The van der Waals surface area contributed by atoms with Gasteiger partial charge >= 0.3 is 0 Å². The third-order valence-corrected chi connectivity index (χ3v) is 8.84. The highest BCUT2D eigenvalue weighted by Gasteiger charge is 2.20. The van der Waals surface area contributed by atoms with Crippen LogP contribution in [0, 0.1) is 5.92 Å². The summed E-state index contributed by atoms with van der Waals surface area (Å²) < 4.78 is 24.5. The monoisotopic (exact) mass is 559 g/mol. The molecule has 4 aromatic rings. The van der Waals surface area contributed by atoms with Crippen LogP contribution in [-0.4, -0.2) is 33.0 Å². The smallest absolute Gasteiger partial charge is 0.237 e. The van der Waals surface area contributed by atoms with Gasteiger partial charge in [-0.25, -0.2) is 4.21 Å². The molecule has 2 aromatic carbocycles. The molecule has 0 bridgehead atoms. The normalized spacial score (nSPS) is 13.8. The Labute approximate surface area is 227 Å². The van der Waals surface area contributed by atoms with Crippen LogP contribution < -0.4 is 20.5 Å². The molecule has 37 heavy (non-hydrogen) atoms. The van der Waals surface area contributed by atoms with E-state index in [1.165, 1.54) is 11.3 Å². The summed E-state index contributed by atoms with van der Waals surface area (Å²) in [6.07, 6.45) is 0.845. The number of thiophene rings is 1. The maximum atomic E-state index is 12.9. The van der Waals surface area contributed by atoms with Gasteiger partial charge in [0.1, 0.15) is 9.96 Å². The standard InChI is InChI=1S/C26H30ClN5O3S2/c1-4-16(2)24(28)26(33)29-14-17-7-5-8-18(13-17)15-32-19-9-6-10-20(35-3)23(19)25(30-32)31-37(34)22-12-11-21(27)36-22/h5-13,16,24H,4,14-15,28H2,1-3H3,(H,29,33)(H,30,31). The number of nitrogens with zero attached hydrogens (tertiary/aromatic N) is 2. The number of benzene rings is 2. The quantitative estimate of drug-likeness (QED) is 0.241. The molecule has 0 saturated carbocycles. The Balaban J connectivity index is 1.56. The summed E-state index contributed by atoms with van der Waals surface area (Å²) in [7, 11) is 0.0642. The molecule has 0 aliphatic carbocycles. The van der Waals surface area contributed by atoms with E-state index in [9.17, 15) is 9.00 Å². The third kappa shape index (κ3) is 6.32. The largest absolute Gasteiger partial charge is 0.496 e. The molecule has 3 unspecified atom stereocenters. The second-order valence-electron chi connectivity index (χ2n) is 8.74. The summed E-state index contributed by atoms with van der Waals surface area (Å²) in [6, 6.07) is 16.5. The van der Waals surface area contributed by atoms with Gasteiger partial charge in [0.2, 0.25) is 5.91 Å². The first-order chi connectivity index (χ1) is 17.8. The van der Waals surface area contributed by atoms with Crippen molar-refractivity contribution >= 4 is 56.6 Å². The molecule has 2 aromatic heterocycles. The number of methoxy groups -OCH3 is 1. The van der Waals surface area contributed by atoms with E-state index in [0.717, 1.165) is 28.5 Å². The maximum absolute atomic E-state index is 12.9. The van der Waals surface area contributed by atoms with Crippen LogP contribution in [-0.2, 0) is 28.9 Å². The summed E-state index contributed by atoms with van der Waals surface area (Å²) >= 11 is 7.27. The van der Waals surface area contributed by atoms with Crippen molar-refractivity contribution in [3.8, 4) is 5.75 Å². The molecular formula is C26H30ClN5O3S2. The van der Waals surface area contributed by atoms with Gasteiger partial charge in [0.05, 0.1) is 34.9 Å². The fraction of sp³-hybridized carbons (Fsp3) is 0.308. The highest BCUT2D eigenvalue weighted by atomic mass is 35.5. The number of nitrogens with two attached hydrogens (primary N) is 1. The lowest BCUT2D eigenvalue weighted by Crippen LogP contribution is -2.44. The van der Waals surface area contributed by atoms with E-state index in [4.69, 9.17) is 27.2 Å². The minimum Gasteiger partial charge on any atom is -0.496 e. The Hall–Kier alpha value is -2.92. The topological polar surface area (TPSA) is 111 Å². The van der Waals surface area contributed by atoms with E-state index in [1.54, 1.807) is 19.2 Å². The number of carbonyl (C=O) groups is 1. The highest BCUT2D eigenvalue weighted by molar-refractivity contribution is 7.88. The number of nitrogens with one attached hydrogen (secondary N) is 2. The van der Waals surface area contributed by atoms with Crippen molar-refractivity contribution in [2.24, 2.45) is 11.7 Å². The van der Waals surface area contributed by atoms with E-state index in [2.05, 4.69) is 10.0 Å². The molecule has 0 radical (unpaired) electrons. The van der Waals surface area contributed by atoms with Crippen molar-refractivity contribution in [2.75, 3.05) is 11.8 Å². The molecule has 0 saturated heterocycles. The van der Waals surface area contributed by atoms with Crippen LogP contribution in [0.3, 0.4) is 0 Å². The third-order valence-electron chi connectivity index (χ3n) is 6.23. The van der Waals surface area contributed by atoms with Crippen LogP contribution in [0.5, 0.6) is 5.75 Å². The van der Waals surface area contributed by atoms with Gasteiger partial charge in [0.25, 0.3) is 0 Å². The van der Waals surface area contributed by atoms with E-state index in [-0.39, 0.29) is 11.8 Å². The molecule has 2 heterocycles. The van der Waals surface area contributed by atoms with E-state index < -0.39 is 17.0 Å². The number of hydrogen-bond acceptors (Lipinski definition) is 6. The minimum atomic E-state index is -1.53. The fourth-order valence-electron chi connectivity index (χ4n) is 3.93. The SMILES string of the molecule is CCC(C)C(N)C(=O)NCc1cccc(Cn2nc(NS(=O)c3ccc(Cl)s3)c3c(OC)cccc32)c1. The average molecular weight is 560 g/mol. The number of aromatic nitrogens is 2. The van der Waals surface area contributed by atoms with Gasteiger partial charge in [-0.05, 0) is 41.3 Å². The summed E-state index contributed by atoms with van der Waals surface area (Å²) in [6.45, 7) is 4.85. The second-order valence-corrected chi connectivity index (χ2v) is 11.9. The first-order valence-electron chi connectivity index (χ1n) is 11.9. The van der Waals surface area contributed by atoms with E-state index >= 15 is 0 Å². The van der Waals surface area contributed by atoms with E-state index in [1.807, 2.05) is 61.0 Å². The van der Waals surface area contributed by atoms with Gasteiger partial charge in [-0.15, -0.1) is 11.3 Å². The first-order valence-corrected chi connectivity index (χ1v) is 14.2. The van der Waals surface area contributed by atoms with Crippen LogP contribution in [0.4, 0.5) is 5.82 Å². The minimum absolute atomic E-state index is 0.116. The lowest BCUT2D eigenvalue weighted by Gasteiger charge is -2.17. The predicted octanol–water partition coefficient (Wildman–Crippen LogP) is 4.93. The molecule has 4 N–H and O–H groups in total. The zero-order valence-electron chi connectivity index (χ0n) is 20.9. The van der Waals surface area contributed by atoms with Gasteiger partial charge < -0.3 is 15.8 Å². The molecule has 196 valence electrons. The number of hydrogen-bond donors (Lipinski definition) is 3. The van der Waals surface area contributed by atoms with Gasteiger partial charge in [0.15, 0.2) is 16.8 Å². The number of amides is 1. The number of rotatable bonds is 11. The molecule has 0 fully saturated rings. The molecule has 0 spiro atoms. The summed E-state index contributed by atoms with van der Waals surface area (Å²) in [4.78, 5) is 12.4. The average Bonchev–Trinajstić information content (AvgIpc) is 3.50. The van der Waals surface area contributed by atoms with Crippen molar-refractivity contribution in [2.45, 2.75) is 43.6 Å². The Kier molecular flexibility index (Phi) is 8.86. The van der Waals surface area contributed by atoms with Gasteiger partial charge in [-0.2, -0.15) is 5.10 Å². The number of anilines is 1. The first kappa shape index (κ1) is 27.1. The Morgan fingerprint density at radius 3 is 2.68 bits per heavy atom. The van der Waals surface area contributed by atoms with Gasteiger partial charge in [0, 0.05) is 6.54 Å². The number of ether oxygens (including phenoxy) is 1. The van der Waals surface area contributed by atoms with Crippen molar-refractivity contribution in [3.05, 3.63) is 70.1 Å². The van der Waals surface area contributed by atoms with Crippen molar-refractivity contribution in [1.29, 1.82) is 0 Å². The molecule has 0 aliphatic heterocycles. The summed E-state index contributed by atoms with van der Waals surface area (Å²) in [5, 5.41) is 8.42.